The minimum Gasteiger partial charge on any atom is -0.504 e. The van der Waals surface area contributed by atoms with Crippen molar-refractivity contribution in [3.05, 3.63) is 59.2 Å². The number of hydrogen-bond acceptors (Lipinski definition) is 9. The molecule has 1 aliphatic carbocycles. The number of rotatable bonds is 17. The van der Waals surface area contributed by atoms with Crippen LogP contribution in [0.15, 0.2) is 42.5 Å². The Morgan fingerprint density at radius 1 is 1.08 bits per heavy atom. The van der Waals surface area contributed by atoms with Crippen LogP contribution < -0.4 is 10.1 Å². The molecule has 10 nitrogen and oxygen atoms in total. The maximum Gasteiger partial charge on any atom is 0.240 e. The molecule has 2 aromatic carbocycles. The molecule has 0 aromatic heterocycles. The third-order valence-electron chi connectivity index (χ3n) is 12.5. The lowest BCUT2D eigenvalue weighted by Crippen LogP contribution is -2.56. The molecular weight excluding hydrogens is 668 g/mol. The van der Waals surface area contributed by atoms with Gasteiger partial charge in [-0.05, 0) is 87.1 Å². The first-order valence-electron chi connectivity index (χ1n) is 19.9. The van der Waals surface area contributed by atoms with Gasteiger partial charge in [0.15, 0.2) is 11.5 Å². The number of aromatic hydroxyl groups is 1. The van der Waals surface area contributed by atoms with Crippen LogP contribution in [0.5, 0.6) is 11.5 Å². The van der Waals surface area contributed by atoms with Crippen molar-refractivity contribution in [1.29, 1.82) is 0 Å². The zero-order valence-corrected chi connectivity index (χ0v) is 34.4. The summed E-state index contributed by atoms with van der Waals surface area (Å²) in [5.74, 6) is 1.53. The highest BCUT2D eigenvalue weighted by Crippen LogP contribution is 2.47. The summed E-state index contributed by atoms with van der Waals surface area (Å²) in [6.07, 6.45) is 0.312. The topological polar surface area (TPSA) is 118 Å². The molecular formula is C43H70N4O6. The summed E-state index contributed by atoms with van der Waals surface area (Å²) in [6, 6.07) is 13.5. The molecule has 0 spiro atoms. The highest BCUT2D eigenvalue weighted by atomic mass is 16.7. The van der Waals surface area contributed by atoms with Crippen molar-refractivity contribution in [1.82, 2.24) is 20.2 Å². The van der Waals surface area contributed by atoms with E-state index in [0.717, 1.165) is 36.1 Å². The fourth-order valence-corrected chi connectivity index (χ4v) is 8.75. The van der Waals surface area contributed by atoms with E-state index in [1.54, 1.807) is 18.1 Å². The maximum atomic E-state index is 14.3. The number of carbonyl (C=O) groups is 1. The molecule has 0 radical (unpaired) electrons. The maximum absolute atomic E-state index is 14.3. The lowest BCUT2D eigenvalue weighted by atomic mass is 9.58. The molecule has 2 fully saturated rings. The second-order valence-corrected chi connectivity index (χ2v) is 17.4. The van der Waals surface area contributed by atoms with Gasteiger partial charge < -0.3 is 30.3 Å². The number of aliphatic hydroxyl groups is 2. The van der Waals surface area contributed by atoms with Crippen molar-refractivity contribution in [2.24, 2.45) is 35.0 Å². The third-order valence-corrected chi connectivity index (χ3v) is 12.5. The van der Waals surface area contributed by atoms with Crippen LogP contribution in [0, 0.1) is 35.0 Å². The number of phenolic OH excluding ortho intramolecular Hbond substituents is 1. The lowest BCUT2D eigenvalue weighted by molar-refractivity contribution is -0.182. The molecule has 4 rings (SSSR count). The average molecular weight is 739 g/mol. The molecule has 0 bridgehead atoms. The number of nitrogens with zero attached hydrogens (tertiary/aromatic N) is 3. The van der Waals surface area contributed by atoms with Crippen LogP contribution in [0.2, 0.25) is 0 Å². The Hall–Kier alpha value is -2.73. The van der Waals surface area contributed by atoms with Crippen LogP contribution >= 0.6 is 0 Å². The number of carbonyl (C=O) groups excluding carboxylic acids is 1. The molecule has 1 amide bonds. The monoisotopic (exact) mass is 739 g/mol. The van der Waals surface area contributed by atoms with E-state index in [1.807, 2.05) is 31.2 Å². The molecule has 1 heterocycles. The van der Waals surface area contributed by atoms with Crippen molar-refractivity contribution >= 4 is 5.91 Å². The summed E-state index contributed by atoms with van der Waals surface area (Å²) in [4.78, 5) is 25.2. The van der Waals surface area contributed by atoms with Gasteiger partial charge in [0.05, 0.1) is 25.9 Å². The second kappa shape index (κ2) is 18.7. The highest BCUT2D eigenvalue weighted by molar-refractivity contribution is 5.82. The van der Waals surface area contributed by atoms with Crippen LogP contribution in [0.4, 0.5) is 0 Å². The molecule has 1 aliphatic heterocycles. The number of hydrogen-bond donors (Lipinski definition) is 4. The zero-order valence-electron chi connectivity index (χ0n) is 34.4. The Morgan fingerprint density at radius 3 is 2.38 bits per heavy atom. The van der Waals surface area contributed by atoms with Crippen LogP contribution in [0.3, 0.4) is 0 Å². The van der Waals surface area contributed by atoms with E-state index < -0.39 is 24.2 Å². The van der Waals surface area contributed by atoms with Crippen LogP contribution in [-0.2, 0) is 29.3 Å². The molecule has 298 valence electrons. The van der Waals surface area contributed by atoms with E-state index in [4.69, 9.17) is 9.57 Å². The average Bonchev–Trinajstić information content (AvgIpc) is 3.46. The molecule has 1 saturated heterocycles. The van der Waals surface area contributed by atoms with E-state index in [-0.39, 0.29) is 41.7 Å². The van der Waals surface area contributed by atoms with Crippen LogP contribution in [0.25, 0.3) is 0 Å². The Morgan fingerprint density at radius 2 is 1.75 bits per heavy atom. The van der Waals surface area contributed by atoms with Crippen molar-refractivity contribution in [3.63, 3.8) is 0 Å². The molecule has 4 N–H and O–H groups in total. The molecule has 0 unspecified atom stereocenters. The summed E-state index contributed by atoms with van der Waals surface area (Å²) in [7, 11) is 4.19. The normalized spacial score (nSPS) is 27.4. The molecule has 53 heavy (non-hydrogen) atoms. The number of benzene rings is 2. The van der Waals surface area contributed by atoms with Crippen molar-refractivity contribution in [2.75, 3.05) is 33.9 Å². The number of ether oxygens (including phenoxy) is 1. The summed E-state index contributed by atoms with van der Waals surface area (Å²) in [5.41, 5.74) is 3.05. The van der Waals surface area contributed by atoms with Gasteiger partial charge >= 0.3 is 0 Å². The molecule has 1 saturated carbocycles. The van der Waals surface area contributed by atoms with Crippen molar-refractivity contribution in [2.45, 2.75) is 125 Å². The summed E-state index contributed by atoms with van der Waals surface area (Å²) < 4.78 is 5.72. The fourth-order valence-electron chi connectivity index (χ4n) is 8.75. The Kier molecular flexibility index (Phi) is 15.2. The first kappa shape index (κ1) is 43.0. The number of likely N-dealkylation sites (N-methyl/N-ethyl adjacent to an activating group) is 1. The number of para-hydroxylation sites is 1. The predicted octanol–water partition coefficient (Wildman–Crippen LogP) is 6.07. The standard InChI is InChI=1S/C43H70N4O6/c1-12-52-37-18-14-17-34(41(37)50)24-46(35(19-27(2)3)25-45(10)11)22-32-15-13-16-33(21-32)23-47-40(39(31(7)49)38(26-48)53-47)42(51)44-36-20-28(4)43(8,9)30(6)29(36)5/h13-18,21,27-31,35-36,38-40,48-50H,12,19-20,22-26H2,1-11H3,(H,44,51)/t28-,29+,30+,31+,35+,36+,38+,39-,40+/m1/s1. The molecule has 2 aromatic rings. The van der Waals surface area contributed by atoms with Gasteiger partial charge in [-0.25, -0.2) is 0 Å². The largest absolute Gasteiger partial charge is 0.504 e. The number of nitrogens with one attached hydrogen (secondary N) is 1. The van der Waals surface area contributed by atoms with Gasteiger partial charge in [-0.15, -0.1) is 0 Å². The van der Waals surface area contributed by atoms with E-state index in [2.05, 4.69) is 89.8 Å². The second-order valence-electron chi connectivity index (χ2n) is 17.4. The van der Waals surface area contributed by atoms with E-state index in [1.165, 1.54) is 0 Å². The lowest BCUT2D eigenvalue weighted by Gasteiger charge is -2.50. The van der Waals surface area contributed by atoms with E-state index >= 15 is 0 Å². The Bertz CT molecular complexity index is 1460. The molecule has 9 atom stereocenters. The van der Waals surface area contributed by atoms with Crippen molar-refractivity contribution in [3.8, 4) is 11.5 Å². The van der Waals surface area contributed by atoms with E-state index in [0.29, 0.717) is 49.7 Å². The Balaban J connectivity index is 1.61. The first-order valence-corrected chi connectivity index (χ1v) is 19.9. The zero-order chi connectivity index (χ0) is 39.2. The SMILES string of the molecule is CCOc1cccc(CN(Cc2cccc(CN3O[C@@H](CO)[C@@H]([C@H](C)O)[C@H]3C(=O)N[C@H]3C[C@@H](C)C(C)(C)[C@@H](C)[C@@H]3C)c2)[C@@H](CC(C)C)CN(C)C)c1O. The first-order chi connectivity index (χ1) is 25.0. The van der Waals surface area contributed by atoms with Crippen molar-refractivity contribution < 1.29 is 29.7 Å². The van der Waals surface area contributed by atoms with Gasteiger partial charge in [0.2, 0.25) is 5.91 Å². The number of phenols is 1. The van der Waals surface area contributed by atoms with Crippen LogP contribution in [0.1, 0.15) is 91.8 Å². The number of hydroxylamine groups is 2. The predicted molar refractivity (Wildman–Crippen MR) is 211 cm³/mol. The van der Waals surface area contributed by atoms with Gasteiger partial charge in [0.25, 0.3) is 0 Å². The third kappa shape index (κ3) is 10.5. The summed E-state index contributed by atoms with van der Waals surface area (Å²) in [6.45, 7) is 22.0. The van der Waals surface area contributed by atoms with Crippen LogP contribution in [-0.4, -0.2) is 100 Å². The van der Waals surface area contributed by atoms with Gasteiger partial charge in [0, 0.05) is 43.2 Å². The number of aliphatic hydroxyl groups excluding tert-OH is 2. The number of amides is 1. The van der Waals surface area contributed by atoms with Gasteiger partial charge in [0.1, 0.15) is 12.1 Å². The van der Waals surface area contributed by atoms with Gasteiger partial charge in [-0.3, -0.25) is 14.5 Å². The molecule has 10 heteroatoms. The summed E-state index contributed by atoms with van der Waals surface area (Å²) in [5, 5.41) is 37.5. The van der Waals surface area contributed by atoms with Gasteiger partial charge in [-0.2, -0.15) is 5.06 Å². The van der Waals surface area contributed by atoms with E-state index in [9.17, 15) is 20.1 Å². The summed E-state index contributed by atoms with van der Waals surface area (Å²) >= 11 is 0. The smallest absolute Gasteiger partial charge is 0.240 e. The Labute approximate surface area is 319 Å². The minimum atomic E-state index is -0.861. The van der Waals surface area contributed by atoms with Gasteiger partial charge in [-0.1, -0.05) is 84.9 Å². The minimum absolute atomic E-state index is 0.00845. The quantitative estimate of drug-likeness (QED) is 0.154. The molecule has 2 aliphatic rings. The fraction of sp³-hybridized carbons (Fsp3) is 0.698. The highest BCUT2D eigenvalue weighted by Gasteiger charge is 2.51.